The van der Waals surface area contributed by atoms with Crippen LogP contribution >= 0.6 is 11.6 Å². The van der Waals surface area contributed by atoms with Crippen molar-refractivity contribution in [3.63, 3.8) is 0 Å². The molecule has 1 spiro atoms. The Morgan fingerprint density at radius 1 is 1.08 bits per heavy atom. The first kappa shape index (κ1) is 19.5. The SMILES string of the molecule is [2H]C([2H])([2H])C([2H])(c1ccc(-c2ccccc2)cc1)n1ncc2c(Cl)ccc(C(=O)NC3CC4(C3)CC(C(=O)O)C4)c21. The van der Waals surface area contributed by atoms with Gasteiger partial charge in [-0.1, -0.05) is 66.2 Å². The van der Waals surface area contributed by atoms with E-state index in [0.717, 1.165) is 15.8 Å². The number of hydrogen-bond donors (Lipinski definition) is 2. The zero-order valence-corrected chi connectivity index (χ0v) is 20.7. The molecule has 1 unspecified atom stereocenters. The number of carboxylic acids is 1. The first-order valence-electron chi connectivity index (χ1n) is 14.3. The Bertz CT molecular complexity index is 1640. The third-order valence-corrected chi connectivity index (χ3v) is 8.13. The van der Waals surface area contributed by atoms with E-state index < -0.39 is 24.7 Å². The number of fused-ring (bicyclic) bond motifs is 1. The summed E-state index contributed by atoms with van der Waals surface area (Å²) in [4.78, 5) is 24.7. The van der Waals surface area contributed by atoms with Crippen LogP contribution in [-0.2, 0) is 4.79 Å². The average molecular weight is 518 g/mol. The van der Waals surface area contributed by atoms with Crippen LogP contribution in [0.5, 0.6) is 0 Å². The summed E-state index contributed by atoms with van der Waals surface area (Å²) in [7, 11) is 0. The first-order chi connectivity index (χ1) is 19.4. The van der Waals surface area contributed by atoms with Gasteiger partial charge in [-0.2, -0.15) is 5.10 Å². The predicted molar refractivity (Wildman–Crippen MR) is 144 cm³/mol. The van der Waals surface area contributed by atoms with Crippen molar-refractivity contribution in [2.45, 2.75) is 44.6 Å². The van der Waals surface area contributed by atoms with Gasteiger partial charge >= 0.3 is 5.97 Å². The van der Waals surface area contributed by atoms with Gasteiger partial charge in [0.25, 0.3) is 5.91 Å². The van der Waals surface area contributed by atoms with Crippen LogP contribution in [0, 0.1) is 11.3 Å². The van der Waals surface area contributed by atoms with Crippen LogP contribution in [0.15, 0.2) is 72.9 Å². The molecule has 2 saturated carbocycles. The molecule has 2 aliphatic carbocycles. The molecule has 37 heavy (non-hydrogen) atoms. The highest BCUT2D eigenvalue weighted by atomic mass is 35.5. The Labute approximate surface area is 225 Å². The normalized spacial score (nSPS) is 26.1. The number of carbonyl (C=O) groups excluding carboxylic acids is 1. The topological polar surface area (TPSA) is 84.2 Å². The number of aliphatic carboxylic acids is 1. The second-order valence-electron chi connectivity index (χ2n) is 10.2. The zero-order valence-electron chi connectivity index (χ0n) is 23.9. The predicted octanol–water partition coefficient (Wildman–Crippen LogP) is 6.34. The van der Waals surface area contributed by atoms with Crippen molar-refractivity contribution >= 4 is 34.4 Å². The molecule has 6 nitrogen and oxygen atoms in total. The monoisotopic (exact) mass is 517 g/mol. The molecule has 1 heterocycles. The number of carbonyl (C=O) groups is 2. The lowest BCUT2D eigenvalue weighted by molar-refractivity contribution is -0.155. The number of hydrogen-bond acceptors (Lipinski definition) is 3. The highest BCUT2D eigenvalue weighted by Gasteiger charge is 2.55. The standard InChI is InChI=1S/C30H28ClN3O3/c1-18(19-7-9-21(10-8-19)20-5-3-2-4-6-20)34-27-24(11-12-26(31)25(27)17-32-34)28(35)33-23-15-30(16-23)13-22(14-30)29(36)37/h2-12,17-18,22-23H,13-16H2,1H3,(H,33,35)(H,36,37)/i1D3,18D. The van der Waals surface area contributed by atoms with E-state index in [1.54, 1.807) is 30.3 Å². The van der Waals surface area contributed by atoms with Gasteiger partial charge in [-0.3, -0.25) is 14.3 Å². The zero-order chi connectivity index (χ0) is 29.2. The average Bonchev–Trinajstić information content (AvgIpc) is 3.35. The van der Waals surface area contributed by atoms with Crippen molar-refractivity contribution in [2.75, 3.05) is 0 Å². The van der Waals surface area contributed by atoms with Crippen molar-refractivity contribution in [3.8, 4) is 11.1 Å². The molecule has 4 aromatic rings. The van der Waals surface area contributed by atoms with Gasteiger partial charge in [-0.15, -0.1) is 0 Å². The summed E-state index contributed by atoms with van der Waals surface area (Å²) in [6.45, 7) is -2.86. The van der Waals surface area contributed by atoms with Gasteiger partial charge in [-0.05, 0) is 66.8 Å². The molecule has 2 N–H and O–H groups in total. The van der Waals surface area contributed by atoms with Crippen LogP contribution in [-0.4, -0.2) is 32.8 Å². The number of carboxylic acid groups (broad SMARTS) is 1. The Kier molecular flexibility index (Phi) is 4.75. The van der Waals surface area contributed by atoms with E-state index in [0.29, 0.717) is 31.1 Å². The second-order valence-corrected chi connectivity index (χ2v) is 10.6. The van der Waals surface area contributed by atoms with Gasteiger partial charge in [0.15, 0.2) is 0 Å². The van der Waals surface area contributed by atoms with Crippen LogP contribution in [0.1, 0.15) is 60.0 Å². The fourth-order valence-electron chi connectivity index (χ4n) is 5.88. The molecule has 0 aliphatic heterocycles. The smallest absolute Gasteiger partial charge is 0.306 e. The Balaban J connectivity index is 1.35. The third-order valence-electron chi connectivity index (χ3n) is 7.80. The van der Waals surface area contributed by atoms with E-state index in [2.05, 4.69) is 10.4 Å². The van der Waals surface area contributed by atoms with Crippen molar-refractivity contribution in [1.82, 2.24) is 15.1 Å². The third kappa shape index (κ3) is 4.19. The van der Waals surface area contributed by atoms with Gasteiger partial charge in [0, 0.05) is 15.5 Å². The van der Waals surface area contributed by atoms with E-state index in [4.69, 9.17) is 15.7 Å². The summed E-state index contributed by atoms with van der Waals surface area (Å²) in [6.07, 6.45) is 4.03. The van der Waals surface area contributed by atoms with Gasteiger partial charge in [-0.25, -0.2) is 0 Å². The van der Waals surface area contributed by atoms with Crippen molar-refractivity contribution in [2.24, 2.45) is 11.3 Å². The minimum Gasteiger partial charge on any atom is -0.481 e. The molecule has 7 heteroatoms. The van der Waals surface area contributed by atoms with Crippen molar-refractivity contribution in [1.29, 1.82) is 0 Å². The number of rotatable bonds is 6. The number of nitrogens with one attached hydrogen (secondary N) is 1. The summed E-state index contributed by atoms with van der Waals surface area (Å²) in [5.41, 5.74) is 2.32. The molecule has 3 aromatic carbocycles. The molecule has 1 atom stereocenters. The molecule has 6 rings (SSSR count). The van der Waals surface area contributed by atoms with Crippen molar-refractivity contribution in [3.05, 3.63) is 89.1 Å². The summed E-state index contributed by atoms with van der Waals surface area (Å²) in [5.74, 6) is -1.51. The highest BCUT2D eigenvalue weighted by Crippen LogP contribution is 2.58. The molecule has 1 amide bonds. The Hall–Kier alpha value is -3.64. The minimum absolute atomic E-state index is 0.0262. The molecule has 2 fully saturated rings. The van der Waals surface area contributed by atoms with Crippen molar-refractivity contribution < 1.29 is 20.2 Å². The van der Waals surface area contributed by atoms with E-state index in [1.807, 2.05) is 30.3 Å². The lowest BCUT2D eigenvalue weighted by Gasteiger charge is -2.56. The first-order valence-corrected chi connectivity index (χ1v) is 12.7. The lowest BCUT2D eigenvalue weighted by Crippen LogP contribution is -2.57. The summed E-state index contributed by atoms with van der Waals surface area (Å²) in [6, 6.07) is 17.0. The van der Waals surface area contributed by atoms with Crippen LogP contribution in [0.2, 0.25) is 5.02 Å². The molecule has 2 aliphatic rings. The fraction of sp³-hybridized carbons (Fsp3) is 0.300. The van der Waals surface area contributed by atoms with E-state index in [-0.39, 0.29) is 39.0 Å². The number of amides is 1. The molecule has 188 valence electrons. The molecular weight excluding hydrogens is 486 g/mol. The summed E-state index contributed by atoms with van der Waals surface area (Å²) < 4.78 is 35.7. The number of aromatic nitrogens is 2. The van der Waals surface area contributed by atoms with Crippen LogP contribution in [0.4, 0.5) is 0 Å². The van der Waals surface area contributed by atoms with Gasteiger partial charge in [0.1, 0.15) is 0 Å². The van der Waals surface area contributed by atoms with E-state index >= 15 is 0 Å². The lowest BCUT2D eigenvalue weighted by atomic mass is 9.50. The largest absolute Gasteiger partial charge is 0.481 e. The quantitative estimate of drug-likeness (QED) is 0.312. The van der Waals surface area contributed by atoms with Gasteiger partial charge in [0.05, 0.1) is 35.6 Å². The molecule has 0 radical (unpaired) electrons. The maximum atomic E-state index is 13.5. The van der Waals surface area contributed by atoms with E-state index in [1.165, 1.54) is 12.3 Å². The number of nitrogens with zero attached hydrogens (tertiary/aromatic N) is 2. The Morgan fingerprint density at radius 3 is 2.46 bits per heavy atom. The number of halogens is 1. The van der Waals surface area contributed by atoms with Gasteiger partial charge in [0.2, 0.25) is 0 Å². The van der Waals surface area contributed by atoms with Crippen LogP contribution in [0.25, 0.3) is 22.0 Å². The highest BCUT2D eigenvalue weighted by molar-refractivity contribution is 6.36. The molecule has 0 bridgehead atoms. The summed E-state index contributed by atoms with van der Waals surface area (Å²) >= 11 is 6.46. The van der Waals surface area contributed by atoms with Crippen LogP contribution < -0.4 is 5.32 Å². The Morgan fingerprint density at radius 2 is 1.78 bits per heavy atom. The van der Waals surface area contributed by atoms with Gasteiger partial charge < -0.3 is 10.4 Å². The molecular formula is C30H28ClN3O3. The van der Waals surface area contributed by atoms with E-state index in [9.17, 15) is 16.1 Å². The summed E-state index contributed by atoms with van der Waals surface area (Å²) in [5, 5.41) is 17.2. The molecule has 0 saturated heterocycles. The number of benzene rings is 3. The van der Waals surface area contributed by atoms with Crippen LogP contribution in [0.3, 0.4) is 0 Å². The molecule has 1 aromatic heterocycles. The maximum Gasteiger partial charge on any atom is 0.306 e. The second kappa shape index (κ2) is 9.03. The fourth-order valence-corrected chi connectivity index (χ4v) is 6.08. The minimum atomic E-state index is -2.86. The maximum absolute atomic E-state index is 13.5.